The predicted octanol–water partition coefficient (Wildman–Crippen LogP) is 1.82. The highest BCUT2D eigenvalue weighted by Gasteiger charge is 2.41. The molecule has 98 valence electrons. The summed E-state index contributed by atoms with van der Waals surface area (Å²) in [7, 11) is 0. The monoisotopic (exact) mass is 254 g/mol. The van der Waals surface area contributed by atoms with Crippen LogP contribution in [-0.4, -0.2) is 19.0 Å². The average Bonchev–Trinajstić information content (AvgIpc) is 3.11. The van der Waals surface area contributed by atoms with Crippen LogP contribution in [0.5, 0.6) is 0 Å². The van der Waals surface area contributed by atoms with Crippen LogP contribution in [-0.2, 0) is 0 Å². The first-order valence-electron chi connectivity index (χ1n) is 6.00. The number of nitrogens with one attached hydrogen (secondary N) is 1. The highest BCUT2D eigenvalue weighted by atomic mass is 19.2. The van der Waals surface area contributed by atoms with Crippen molar-refractivity contribution >= 4 is 5.91 Å². The van der Waals surface area contributed by atoms with Gasteiger partial charge in [-0.05, 0) is 49.4 Å². The van der Waals surface area contributed by atoms with Gasteiger partial charge >= 0.3 is 0 Å². The van der Waals surface area contributed by atoms with Gasteiger partial charge in [-0.1, -0.05) is 0 Å². The second-order valence-corrected chi connectivity index (χ2v) is 4.85. The van der Waals surface area contributed by atoms with Crippen molar-refractivity contribution < 1.29 is 13.6 Å². The molecular formula is C13H16F2N2O. The van der Waals surface area contributed by atoms with E-state index in [-0.39, 0.29) is 16.9 Å². The van der Waals surface area contributed by atoms with Crippen LogP contribution in [0.15, 0.2) is 18.2 Å². The van der Waals surface area contributed by atoms with Crippen LogP contribution < -0.4 is 11.1 Å². The first-order chi connectivity index (χ1) is 8.56. The molecule has 5 heteroatoms. The van der Waals surface area contributed by atoms with Crippen LogP contribution in [0.4, 0.5) is 8.78 Å². The van der Waals surface area contributed by atoms with Crippen LogP contribution in [0.25, 0.3) is 0 Å². The summed E-state index contributed by atoms with van der Waals surface area (Å²) in [6.45, 7) is 1.14. The summed E-state index contributed by atoms with van der Waals surface area (Å²) >= 11 is 0. The largest absolute Gasteiger partial charge is 0.351 e. The third kappa shape index (κ3) is 2.85. The molecule has 0 bridgehead atoms. The number of rotatable bonds is 5. The number of carbonyl (C=O) groups is 1. The summed E-state index contributed by atoms with van der Waals surface area (Å²) in [6, 6.07) is 3.14. The van der Waals surface area contributed by atoms with Crippen LogP contribution in [0.2, 0.25) is 0 Å². The van der Waals surface area contributed by atoms with Gasteiger partial charge in [0.25, 0.3) is 5.91 Å². The number of benzene rings is 1. The molecule has 0 saturated heterocycles. The van der Waals surface area contributed by atoms with E-state index in [9.17, 15) is 13.6 Å². The SMILES string of the molecule is NCCC1(CNC(=O)c2ccc(F)c(F)c2)CC1. The zero-order valence-electron chi connectivity index (χ0n) is 10.0. The summed E-state index contributed by atoms with van der Waals surface area (Å²) in [5, 5.41) is 2.75. The Labute approximate surface area is 104 Å². The predicted molar refractivity (Wildman–Crippen MR) is 64.0 cm³/mol. The first kappa shape index (κ1) is 13.0. The number of hydrogen-bond acceptors (Lipinski definition) is 2. The van der Waals surface area contributed by atoms with Crippen molar-refractivity contribution in [1.29, 1.82) is 0 Å². The zero-order valence-corrected chi connectivity index (χ0v) is 10.0. The molecule has 0 aromatic heterocycles. The lowest BCUT2D eigenvalue weighted by Crippen LogP contribution is -2.31. The van der Waals surface area contributed by atoms with Gasteiger partial charge in [-0.15, -0.1) is 0 Å². The van der Waals surface area contributed by atoms with Crippen molar-refractivity contribution in [3.05, 3.63) is 35.4 Å². The lowest BCUT2D eigenvalue weighted by Gasteiger charge is -2.14. The Bertz CT molecular complexity index is 458. The molecule has 3 N–H and O–H groups in total. The van der Waals surface area contributed by atoms with Crippen LogP contribution in [0.1, 0.15) is 29.6 Å². The number of hydrogen-bond donors (Lipinski definition) is 2. The minimum atomic E-state index is -1.01. The molecule has 1 aliphatic carbocycles. The third-order valence-corrected chi connectivity index (χ3v) is 3.44. The van der Waals surface area contributed by atoms with Crippen molar-refractivity contribution in [2.45, 2.75) is 19.3 Å². The summed E-state index contributed by atoms with van der Waals surface area (Å²) in [6.07, 6.45) is 3.00. The molecule has 0 aliphatic heterocycles. The van der Waals surface area contributed by atoms with E-state index in [0.717, 1.165) is 31.4 Å². The molecule has 3 nitrogen and oxygen atoms in total. The van der Waals surface area contributed by atoms with Crippen molar-refractivity contribution in [2.75, 3.05) is 13.1 Å². The summed E-state index contributed by atoms with van der Waals surface area (Å²) in [5.41, 5.74) is 5.77. The number of amides is 1. The van der Waals surface area contributed by atoms with Gasteiger partial charge in [0.2, 0.25) is 0 Å². The van der Waals surface area contributed by atoms with Crippen molar-refractivity contribution in [2.24, 2.45) is 11.1 Å². The van der Waals surface area contributed by atoms with E-state index in [4.69, 9.17) is 5.73 Å². The van der Waals surface area contributed by atoms with Gasteiger partial charge in [0.15, 0.2) is 11.6 Å². The van der Waals surface area contributed by atoms with Gasteiger partial charge in [-0.3, -0.25) is 4.79 Å². The van der Waals surface area contributed by atoms with Gasteiger partial charge in [-0.2, -0.15) is 0 Å². The maximum Gasteiger partial charge on any atom is 0.251 e. The minimum Gasteiger partial charge on any atom is -0.351 e. The molecule has 2 rings (SSSR count). The third-order valence-electron chi connectivity index (χ3n) is 3.44. The Hall–Kier alpha value is -1.49. The Morgan fingerprint density at radius 2 is 2.06 bits per heavy atom. The molecule has 1 amide bonds. The fourth-order valence-corrected chi connectivity index (χ4v) is 2.01. The molecular weight excluding hydrogens is 238 g/mol. The molecule has 1 aromatic rings. The zero-order chi connectivity index (χ0) is 13.2. The molecule has 0 radical (unpaired) electrons. The molecule has 1 fully saturated rings. The van der Waals surface area contributed by atoms with Crippen molar-refractivity contribution in [1.82, 2.24) is 5.32 Å². The minimum absolute atomic E-state index is 0.128. The Kier molecular flexibility index (Phi) is 3.61. The first-order valence-corrected chi connectivity index (χ1v) is 6.00. The van der Waals surface area contributed by atoms with E-state index < -0.39 is 11.6 Å². The second kappa shape index (κ2) is 5.02. The second-order valence-electron chi connectivity index (χ2n) is 4.85. The Morgan fingerprint density at radius 1 is 1.33 bits per heavy atom. The summed E-state index contributed by atoms with van der Waals surface area (Å²) in [4.78, 5) is 11.8. The maximum atomic E-state index is 13.0. The van der Waals surface area contributed by atoms with Gasteiger partial charge in [0.1, 0.15) is 0 Å². The van der Waals surface area contributed by atoms with Crippen LogP contribution in [0, 0.1) is 17.0 Å². The topological polar surface area (TPSA) is 55.1 Å². The molecule has 1 aromatic carbocycles. The molecule has 1 aliphatic rings. The van der Waals surface area contributed by atoms with Crippen molar-refractivity contribution in [3.8, 4) is 0 Å². The summed E-state index contributed by atoms with van der Waals surface area (Å²) in [5.74, 6) is -2.34. The van der Waals surface area contributed by atoms with Gasteiger partial charge in [0.05, 0.1) is 0 Å². The maximum absolute atomic E-state index is 13.0. The molecule has 0 atom stereocenters. The highest BCUT2D eigenvalue weighted by Crippen LogP contribution is 2.47. The lowest BCUT2D eigenvalue weighted by atomic mass is 10.0. The fraction of sp³-hybridized carbons (Fsp3) is 0.462. The number of nitrogens with two attached hydrogens (primary N) is 1. The molecule has 18 heavy (non-hydrogen) atoms. The fourth-order valence-electron chi connectivity index (χ4n) is 2.01. The quantitative estimate of drug-likeness (QED) is 0.842. The van der Waals surface area contributed by atoms with Crippen LogP contribution >= 0.6 is 0 Å². The van der Waals surface area contributed by atoms with E-state index >= 15 is 0 Å². The normalized spacial score (nSPS) is 16.4. The molecule has 0 heterocycles. The number of carbonyl (C=O) groups excluding carboxylic acids is 1. The van der Waals surface area contributed by atoms with E-state index in [1.807, 2.05) is 0 Å². The Morgan fingerprint density at radius 3 is 2.61 bits per heavy atom. The summed E-state index contributed by atoms with van der Waals surface area (Å²) < 4.78 is 25.7. The lowest BCUT2D eigenvalue weighted by molar-refractivity contribution is 0.0943. The molecule has 0 spiro atoms. The molecule has 1 saturated carbocycles. The molecule has 0 unspecified atom stereocenters. The van der Waals surface area contributed by atoms with Crippen molar-refractivity contribution in [3.63, 3.8) is 0 Å². The average molecular weight is 254 g/mol. The Balaban J connectivity index is 1.93. The van der Waals surface area contributed by atoms with E-state index in [1.54, 1.807) is 0 Å². The smallest absolute Gasteiger partial charge is 0.251 e. The highest BCUT2D eigenvalue weighted by molar-refractivity contribution is 5.94. The van der Waals surface area contributed by atoms with Crippen LogP contribution in [0.3, 0.4) is 0 Å². The van der Waals surface area contributed by atoms with E-state index in [2.05, 4.69) is 5.32 Å². The van der Waals surface area contributed by atoms with E-state index in [0.29, 0.717) is 13.1 Å². The van der Waals surface area contributed by atoms with E-state index in [1.165, 1.54) is 6.07 Å². The van der Waals surface area contributed by atoms with Gasteiger partial charge in [0, 0.05) is 12.1 Å². The van der Waals surface area contributed by atoms with Gasteiger partial charge in [-0.25, -0.2) is 8.78 Å². The van der Waals surface area contributed by atoms with Gasteiger partial charge < -0.3 is 11.1 Å². The number of halogens is 2. The standard InChI is InChI=1S/C13H16F2N2O/c14-10-2-1-9(7-11(10)15)12(18)17-8-13(3-4-13)5-6-16/h1-2,7H,3-6,8,16H2,(H,17,18).